The van der Waals surface area contributed by atoms with Gasteiger partial charge in [-0.15, -0.1) is 0 Å². The third kappa shape index (κ3) is 5.70. The van der Waals surface area contributed by atoms with E-state index in [2.05, 4.69) is 5.09 Å². The summed E-state index contributed by atoms with van der Waals surface area (Å²) in [5.74, 6) is -1.04. The van der Waals surface area contributed by atoms with Crippen LogP contribution in [-0.4, -0.2) is 36.1 Å². The fourth-order valence-corrected chi connectivity index (χ4v) is 3.61. The van der Waals surface area contributed by atoms with Crippen LogP contribution in [0.3, 0.4) is 0 Å². The molecule has 10 nitrogen and oxygen atoms in total. The van der Waals surface area contributed by atoms with Crippen molar-refractivity contribution in [2.24, 2.45) is 0 Å². The number of carbonyl (C=O) groups is 1. The van der Waals surface area contributed by atoms with E-state index in [0.29, 0.717) is 0 Å². The Balaban J connectivity index is 2.31. The van der Waals surface area contributed by atoms with Crippen molar-refractivity contribution in [3.8, 4) is 11.5 Å². The fourth-order valence-electron chi connectivity index (χ4n) is 2.09. The third-order valence-electron chi connectivity index (χ3n) is 3.55. The Labute approximate surface area is 161 Å². The largest absolute Gasteiger partial charge is 0.513 e. The highest BCUT2D eigenvalue weighted by molar-refractivity contribution is 7.52. The first-order chi connectivity index (χ1) is 13.1. The molecule has 0 spiro atoms. The van der Waals surface area contributed by atoms with Crippen molar-refractivity contribution in [2.75, 3.05) is 19.0 Å². The number of anilines is 1. The van der Waals surface area contributed by atoms with Gasteiger partial charge in [-0.05, 0) is 31.2 Å². The first-order valence-electron chi connectivity index (χ1n) is 8.11. The molecule has 2 unspecified atom stereocenters. The summed E-state index contributed by atoms with van der Waals surface area (Å²) in [4.78, 5) is 23.1. The maximum Gasteiger partial charge on any atom is 0.513 e. The molecule has 0 aliphatic carbocycles. The molecule has 0 amide bonds. The molecule has 0 aromatic heterocycles. The quantitative estimate of drug-likeness (QED) is 0.364. The predicted octanol–water partition coefficient (Wildman–Crippen LogP) is 3.29. The topological polar surface area (TPSA) is 131 Å². The average Bonchev–Trinajstić information content (AvgIpc) is 2.61. The van der Waals surface area contributed by atoms with E-state index in [4.69, 9.17) is 14.2 Å². The number of hydrogen-bond acceptors (Lipinski definition) is 7. The van der Waals surface area contributed by atoms with Crippen molar-refractivity contribution in [3.05, 3.63) is 58.6 Å². The van der Waals surface area contributed by atoms with Gasteiger partial charge in [-0.25, -0.2) is 4.57 Å². The molecule has 2 atom stereocenters. The van der Waals surface area contributed by atoms with E-state index >= 15 is 0 Å². The van der Waals surface area contributed by atoms with E-state index < -0.39 is 24.7 Å². The molecular formula is C17H20N3O7P. The van der Waals surface area contributed by atoms with Gasteiger partial charge in [0.05, 0.1) is 4.92 Å². The van der Waals surface area contributed by atoms with Gasteiger partial charge in [0, 0.05) is 38.0 Å². The molecule has 11 heteroatoms. The van der Waals surface area contributed by atoms with Crippen LogP contribution in [0.15, 0.2) is 48.5 Å². The molecule has 0 fully saturated rings. The summed E-state index contributed by atoms with van der Waals surface area (Å²) >= 11 is 0. The van der Waals surface area contributed by atoms with Crippen LogP contribution in [-0.2, 0) is 9.36 Å². The first kappa shape index (κ1) is 21.2. The van der Waals surface area contributed by atoms with Crippen LogP contribution in [0.25, 0.3) is 0 Å². The maximum atomic E-state index is 13.2. The number of nitrogens with one attached hydrogen (secondary N) is 1. The summed E-state index contributed by atoms with van der Waals surface area (Å²) in [5, 5.41) is 22.2. The number of hydrogen-bond donors (Lipinski definition) is 2. The summed E-state index contributed by atoms with van der Waals surface area (Å²) in [6, 6.07) is 10.3. The van der Waals surface area contributed by atoms with Gasteiger partial charge in [0.15, 0.2) is 0 Å². The minimum absolute atomic E-state index is 0.0165. The van der Waals surface area contributed by atoms with Crippen LogP contribution in [0.4, 0.5) is 11.4 Å². The lowest BCUT2D eigenvalue weighted by Crippen LogP contribution is -2.34. The second-order valence-electron chi connectivity index (χ2n) is 6.01. The van der Waals surface area contributed by atoms with Crippen molar-refractivity contribution >= 4 is 25.1 Å². The zero-order valence-corrected chi connectivity index (χ0v) is 16.3. The molecule has 0 aliphatic rings. The van der Waals surface area contributed by atoms with Crippen molar-refractivity contribution in [3.63, 3.8) is 0 Å². The molecule has 0 saturated heterocycles. The Morgan fingerprint density at radius 3 is 2.32 bits per heavy atom. The van der Waals surface area contributed by atoms with E-state index in [-0.39, 0.29) is 17.2 Å². The highest BCUT2D eigenvalue weighted by atomic mass is 31.2. The Kier molecular flexibility index (Phi) is 6.61. The number of carboxylic acids is 1. The Morgan fingerprint density at radius 1 is 1.18 bits per heavy atom. The SMILES string of the molecule is CC(NP(=O)(Oc1ccc([N+](=O)[O-])cc1)Oc1cccc(N(C)C)c1)C(=O)O. The van der Waals surface area contributed by atoms with Crippen LogP contribution >= 0.6 is 7.75 Å². The maximum absolute atomic E-state index is 13.2. The number of nitrogens with zero attached hydrogens (tertiary/aromatic N) is 2. The standard InChI is InChI=1S/C17H20N3O7P/c1-12(17(21)22)18-28(25,26-15-9-7-13(8-10-15)20(23)24)27-16-6-4-5-14(11-16)19(2)3/h4-12H,1-3H3,(H,18,25)(H,21,22). The van der Waals surface area contributed by atoms with Crippen LogP contribution < -0.4 is 19.0 Å². The first-order valence-corrected chi connectivity index (χ1v) is 9.65. The highest BCUT2D eigenvalue weighted by Crippen LogP contribution is 2.46. The lowest BCUT2D eigenvalue weighted by atomic mass is 10.3. The van der Waals surface area contributed by atoms with E-state index in [1.807, 2.05) is 25.1 Å². The van der Waals surface area contributed by atoms with Crippen LogP contribution in [0.1, 0.15) is 6.92 Å². The highest BCUT2D eigenvalue weighted by Gasteiger charge is 2.33. The van der Waals surface area contributed by atoms with Gasteiger partial charge >= 0.3 is 13.7 Å². The fraction of sp³-hybridized carbons (Fsp3) is 0.235. The number of nitro groups is 1. The summed E-state index contributed by atoms with van der Waals surface area (Å²) < 4.78 is 24.1. The lowest BCUT2D eigenvalue weighted by Gasteiger charge is -2.23. The van der Waals surface area contributed by atoms with E-state index in [0.717, 1.165) is 5.69 Å². The second-order valence-corrected chi connectivity index (χ2v) is 7.63. The molecule has 150 valence electrons. The normalized spacial score (nSPS) is 13.8. The van der Waals surface area contributed by atoms with Crippen molar-refractivity contribution in [1.82, 2.24) is 5.09 Å². The van der Waals surface area contributed by atoms with E-state index in [1.165, 1.54) is 31.2 Å². The molecule has 2 rings (SSSR count). The monoisotopic (exact) mass is 409 g/mol. The van der Waals surface area contributed by atoms with Crippen LogP contribution in [0, 0.1) is 10.1 Å². The number of nitro benzene ring substituents is 1. The molecule has 0 heterocycles. The molecule has 0 aliphatic heterocycles. The number of non-ortho nitro benzene ring substituents is 1. The van der Waals surface area contributed by atoms with Gasteiger partial charge in [-0.2, -0.15) is 5.09 Å². The zero-order chi connectivity index (χ0) is 20.9. The van der Waals surface area contributed by atoms with Crippen LogP contribution in [0.5, 0.6) is 11.5 Å². The molecule has 0 saturated carbocycles. The van der Waals surface area contributed by atoms with Crippen molar-refractivity contribution in [1.29, 1.82) is 0 Å². The van der Waals surface area contributed by atoms with E-state index in [1.54, 1.807) is 18.2 Å². The minimum atomic E-state index is -4.18. The Morgan fingerprint density at radius 2 is 1.79 bits per heavy atom. The van der Waals surface area contributed by atoms with Gasteiger partial charge in [-0.1, -0.05) is 6.07 Å². The summed E-state index contributed by atoms with van der Waals surface area (Å²) in [6.07, 6.45) is 0. The van der Waals surface area contributed by atoms with Gasteiger partial charge in [0.2, 0.25) is 0 Å². The number of aliphatic carboxylic acids is 1. The summed E-state index contributed by atoms with van der Waals surface area (Å²) in [7, 11) is -0.549. The lowest BCUT2D eigenvalue weighted by molar-refractivity contribution is -0.384. The molecule has 2 N–H and O–H groups in total. The molecule has 0 bridgehead atoms. The van der Waals surface area contributed by atoms with Gasteiger partial charge < -0.3 is 19.1 Å². The minimum Gasteiger partial charge on any atom is -0.480 e. The van der Waals surface area contributed by atoms with Crippen molar-refractivity contribution in [2.45, 2.75) is 13.0 Å². The second kappa shape index (κ2) is 8.73. The smallest absolute Gasteiger partial charge is 0.480 e. The Hall–Kier alpha value is -3.10. The van der Waals surface area contributed by atoms with Gasteiger partial charge in [0.1, 0.15) is 17.5 Å². The van der Waals surface area contributed by atoms with Crippen LogP contribution in [0.2, 0.25) is 0 Å². The van der Waals surface area contributed by atoms with E-state index in [9.17, 15) is 19.5 Å². The molecule has 28 heavy (non-hydrogen) atoms. The molecular weight excluding hydrogens is 389 g/mol. The summed E-state index contributed by atoms with van der Waals surface area (Å²) in [6.45, 7) is 1.29. The number of carboxylic acid groups (broad SMARTS) is 1. The third-order valence-corrected chi connectivity index (χ3v) is 5.16. The zero-order valence-electron chi connectivity index (χ0n) is 15.4. The Bertz CT molecular complexity index is 902. The predicted molar refractivity (Wildman–Crippen MR) is 103 cm³/mol. The average molecular weight is 409 g/mol. The molecule has 2 aromatic rings. The number of benzene rings is 2. The number of rotatable bonds is 9. The molecule has 0 radical (unpaired) electrons. The molecule has 2 aromatic carbocycles. The summed E-state index contributed by atoms with van der Waals surface area (Å²) in [5.41, 5.74) is 0.597. The van der Waals surface area contributed by atoms with Gasteiger partial charge in [0.25, 0.3) is 5.69 Å². The van der Waals surface area contributed by atoms with Crippen molar-refractivity contribution < 1.29 is 28.4 Å². The van der Waals surface area contributed by atoms with Gasteiger partial charge in [-0.3, -0.25) is 14.9 Å².